The van der Waals surface area contributed by atoms with Crippen molar-refractivity contribution in [3.63, 3.8) is 0 Å². The number of hydrogen-bond donors (Lipinski definition) is 2. The van der Waals surface area contributed by atoms with Gasteiger partial charge in [0, 0.05) is 19.5 Å². The SMILES string of the molecule is CCC1=CC(C)(NC(C)=O)CC(CC)=C1NC(C)=O. The number of allylic oxidation sites excluding steroid dienone is 1. The predicted octanol–water partition coefficient (Wildman–Crippen LogP) is 2.42. The van der Waals surface area contributed by atoms with E-state index in [9.17, 15) is 9.59 Å². The molecule has 1 rings (SSSR count). The van der Waals surface area contributed by atoms with Gasteiger partial charge in [-0.1, -0.05) is 19.9 Å². The monoisotopic (exact) mass is 264 g/mol. The van der Waals surface area contributed by atoms with Gasteiger partial charge in [-0.05, 0) is 37.3 Å². The lowest BCUT2D eigenvalue weighted by Crippen LogP contribution is -2.46. The summed E-state index contributed by atoms with van der Waals surface area (Å²) in [5, 5.41) is 5.93. The van der Waals surface area contributed by atoms with Crippen LogP contribution in [0.15, 0.2) is 22.9 Å². The molecule has 1 unspecified atom stereocenters. The molecule has 0 aromatic carbocycles. The summed E-state index contributed by atoms with van der Waals surface area (Å²) in [5.41, 5.74) is 2.87. The molecule has 0 bridgehead atoms. The molecule has 0 spiro atoms. The second-order valence-electron chi connectivity index (χ2n) is 5.31. The molecule has 1 aliphatic carbocycles. The van der Waals surface area contributed by atoms with Crippen molar-refractivity contribution in [1.29, 1.82) is 0 Å². The number of amides is 2. The predicted molar refractivity (Wildman–Crippen MR) is 76.3 cm³/mol. The Labute approximate surface area is 115 Å². The van der Waals surface area contributed by atoms with Gasteiger partial charge >= 0.3 is 0 Å². The number of nitrogens with one attached hydrogen (secondary N) is 2. The Bertz CT molecular complexity index is 449. The van der Waals surface area contributed by atoms with E-state index in [1.165, 1.54) is 19.4 Å². The van der Waals surface area contributed by atoms with E-state index < -0.39 is 0 Å². The van der Waals surface area contributed by atoms with Crippen LogP contribution in [-0.2, 0) is 9.59 Å². The van der Waals surface area contributed by atoms with Gasteiger partial charge < -0.3 is 10.6 Å². The molecule has 1 atom stereocenters. The van der Waals surface area contributed by atoms with E-state index in [1.807, 2.05) is 6.92 Å². The second kappa shape index (κ2) is 6.04. The van der Waals surface area contributed by atoms with E-state index in [4.69, 9.17) is 0 Å². The maximum atomic E-state index is 11.3. The number of carbonyl (C=O) groups excluding carboxylic acids is 2. The third-order valence-corrected chi connectivity index (χ3v) is 3.32. The van der Waals surface area contributed by atoms with Gasteiger partial charge in [-0.25, -0.2) is 0 Å². The molecule has 4 heteroatoms. The fraction of sp³-hybridized carbons (Fsp3) is 0.600. The van der Waals surface area contributed by atoms with E-state index in [1.54, 1.807) is 0 Å². The summed E-state index contributed by atoms with van der Waals surface area (Å²) in [6.07, 6.45) is 4.50. The zero-order valence-corrected chi connectivity index (χ0v) is 12.5. The first kappa shape index (κ1) is 15.5. The molecule has 2 amide bonds. The minimum Gasteiger partial charge on any atom is -0.347 e. The van der Waals surface area contributed by atoms with Gasteiger partial charge in [-0.2, -0.15) is 0 Å². The Hall–Kier alpha value is -1.58. The molecule has 19 heavy (non-hydrogen) atoms. The molecule has 4 nitrogen and oxygen atoms in total. The van der Waals surface area contributed by atoms with Crippen molar-refractivity contribution in [2.75, 3.05) is 0 Å². The highest BCUT2D eigenvalue weighted by Gasteiger charge is 2.30. The van der Waals surface area contributed by atoms with E-state index in [-0.39, 0.29) is 17.4 Å². The van der Waals surface area contributed by atoms with Crippen molar-refractivity contribution in [2.24, 2.45) is 0 Å². The van der Waals surface area contributed by atoms with Gasteiger partial charge in [-0.3, -0.25) is 9.59 Å². The Balaban J connectivity index is 3.15. The van der Waals surface area contributed by atoms with Gasteiger partial charge in [0.25, 0.3) is 0 Å². The zero-order valence-electron chi connectivity index (χ0n) is 12.5. The summed E-state index contributed by atoms with van der Waals surface area (Å²) in [6.45, 7) is 9.20. The molecular formula is C15H24N2O2. The molecule has 0 radical (unpaired) electrons. The first-order valence-electron chi connectivity index (χ1n) is 6.81. The number of hydrogen-bond acceptors (Lipinski definition) is 2. The van der Waals surface area contributed by atoms with Crippen molar-refractivity contribution in [3.8, 4) is 0 Å². The van der Waals surface area contributed by atoms with Crippen molar-refractivity contribution in [1.82, 2.24) is 10.6 Å². The largest absolute Gasteiger partial charge is 0.347 e. The summed E-state index contributed by atoms with van der Waals surface area (Å²) in [4.78, 5) is 22.7. The highest BCUT2D eigenvalue weighted by molar-refractivity contribution is 5.77. The molecular weight excluding hydrogens is 240 g/mol. The molecule has 0 fully saturated rings. The Morgan fingerprint density at radius 3 is 2.26 bits per heavy atom. The van der Waals surface area contributed by atoms with E-state index in [2.05, 4.69) is 30.6 Å². The lowest BCUT2D eigenvalue weighted by atomic mass is 9.81. The average Bonchev–Trinajstić information content (AvgIpc) is 2.29. The van der Waals surface area contributed by atoms with Crippen LogP contribution >= 0.6 is 0 Å². The Morgan fingerprint density at radius 2 is 1.84 bits per heavy atom. The molecule has 0 aromatic rings. The first-order chi connectivity index (χ1) is 8.81. The summed E-state index contributed by atoms with van der Waals surface area (Å²) in [7, 11) is 0. The standard InChI is InChI=1S/C15H24N2O2/c1-6-12-8-15(5,17-11(4)19)9-13(7-2)14(12)16-10(3)18/h8H,6-7,9H2,1-5H3,(H,16,18)(H,17,19). The fourth-order valence-electron chi connectivity index (χ4n) is 2.67. The van der Waals surface area contributed by atoms with Crippen LogP contribution in [0.3, 0.4) is 0 Å². The molecule has 0 aliphatic heterocycles. The van der Waals surface area contributed by atoms with Gasteiger partial charge in [-0.15, -0.1) is 0 Å². The first-order valence-corrected chi connectivity index (χ1v) is 6.81. The molecule has 106 valence electrons. The maximum absolute atomic E-state index is 11.3. The highest BCUT2D eigenvalue weighted by Crippen LogP contribution is 2.33. The van der Waals surface area contributed by atoms with Crippen LogP contribution in [-0.4, -0.2) is 17.4 Å². The topological polar surface area (TPSA) is 58.2 Å². The summed E-state index contributed by atoms with van der Waals surface area (Å²) in [6, 6.07) is 0. The van der Waals surface area contributed by atoms with E-state index >= 15 is 0 Å². The van der Waals surface area contributed by atoms with E-state index in [0.717, 1.165) is 30.5 Å². The Morgan fingerprint density at radius 1 is 1.21 bits per heavy atom. The zero-order chi connectivity index (χ0) is 14.6. The van der Waals surface area contributed by atoms with Crippen LogP contribution in [0.5, 0.6) is 0 Å². The lowest BCUT2D eigenvalue weighted by Gasteiger charge is -2.35. The van der Waals surface area contributed by atoms with Crippen LogP contribution in [0.4, 0.5) is 0 Å². The maximum Gasteiger partial charge on any atom is 0.221 e. The smallest absolute Gasteiger partial charge is 0.221 e. The molecule has 0 saturated carbocycles. The van der Waals surface area contributed by atoms with Crippen LogP contribution in [0.1, 0.15) is 53.9 Å². The van der Waals surface area contributed by atoms with Crippen LogP contribution in [0.2, 0.25) is 0 Å². The van der Waals surface area contributed by atoms with Crippen molar-refractivity contribution in [3.05, 3.63) is 22.9 Å². The third kappa shape index (κ3) is 3.94. The van der Waals surface area contributed by atoms with Gasteiger partial charge in [0.1, 0.15) is 0 Å². The van der Waals surface area contributed by atoms with Gasteiger partial charge in [0.15, 0.2) is 0 Å². The third-order valence-electron chi connectivity index (χ3n) is 3.32. The van der Waals surface area contributed by atoms with Crippen molar-refractivity contribution in [2.45, 2.75) is 59.4 Å². The quantitative estimate of drug-likeness (QED) is 0.819. The normalized spacial score (nSPS) is 22.9. The molecule has 0 aromatic heterocycles. The van der Waals surface area contributed by atoms with Crippen LogP contribution < -0.4 is 10.6 Å². The van der Waals surface area contributed by atoms with Crippen molar-refractivity contribution >= 4 is 11.8 Å². The number of carbonyl (C=O) groups is 2. The summed E-state index contributed by atoms with van der Waals surface area (Å²) in [5.74, 6) is -0.0870. The lowest BCUT2D eigenvalue weighted by molar-refractivity contribution is -0.120. The average molecular weight is 264 g/mol. The second-order valence-corrected chi connectivity index (χ2v) is 5.31. The summed E-state index contributed by atoms with van der Waals surface area (Å²) < 4.78 is 0. The van der Waals surface area contributed by atoms with E-state index in [0.29, 0.717) is 0 Å². The fourth-order valence-corrected chi connectivity index (χ4v) is 2.67. The molecule has 1 aliphatic rings. The summed E-state index contributed by atoms with van der Waals surface area (Å²) >= 11 is 0. The van der Waals surface area contributed by atoms with Crippen LogP contribution in [0.25, 0.3) is 0 Å². The van der Waals surface area contributed by atoms with Crippen molar-refractivity contribution < 1.29 is 9.59 Å². The number of rotatable bonds is 4. The van der Waals surface area contributed by atoms with Gasteiger partial charge in [0.05, 0.1) is 5.54 Å². The van der Waals surface area contributed by atoms with Gasteiger partial charge in [0.2, 0.25) is 11.8 Å². The van der Waals surface area contributed by atoms with Crippen LogP contribution in [0, 0.1) is 0 Å². The molecule has 2 N–H and O–H groups in total. The Kier molecular flexibility index (Phi) is 4.92. The highest BCUT2D eigenvalue weighted by atomic mass is 16.2. The molecule has 0 saturated heterocycles. The minimum atomic E-state index is -0.357. The molecule has 0 heterocycles. The minimum absolute atomic E-state index is 0.0346.